The Bertz CT molecular complexity index is 1190. The van der Waals surface area contributed by atoms with E-state index in [9.17, 15) is 9.90 Å². The molecule has 2 N–H and O–H groups in total. The third kappa shape index (κ3) is 3.47. The molecule has 0 aliphatic heterocycles. The summed E-state index contributed by atoms with van der Waals surface area (Å²) in [5.74, 6) is 0.929. The first kappa shape index (κ1) is 17.1. The predicted molar refractivity (Wildman–Crippen MR) is 109 cm³/mol. The molecule has 0 amide bonds. The summed E-state index contributed by atoms with van der Waals surface area (Å²) in [7, 11) is 1.50. The molecule has 0 bridgehead atoms. The standard InChI is InChI=1S/C21H16N2O3S/c1-26-17-9-7-13(11-16(17)24)8-10-19-22-20(25)15-12-18(27-21(15)23-19)14-5-3-2-4-6-14/h2-12,24H,1H3,(H,22,23,25)/b10-8+. The number of fused-ring (bicyclic) bond motifs is 1. The minimum absolute atomic E-state index is 0.0577. The minimum Gasteiger partial charge on any atom is -0.504 e. The largest absolute Gasteiger partial charge is 0.504 e. The Labute approximate surface area is 159 Å². The Hall–Kier alpha value is -3.38. The van der Waals surface area contributed by atoms with Crippen molar-refractivity contribution in [2.24, 2.45) is 0 Å². The Morgan fingerprint density at radius 3 is 2.67 bits per heavy atom. The van der Waals surface area contributed by atoms with Crippen LogP contribution in [0.25, 0.3) is 32.8 Å². The van der Waals surface area contributed by atoms with Gasteiger partial charge in [0.2, 0.25) is 0 Å². The molecule has 27 heavy (non-hydrogen) atoms. The second kappa shape index (κ2) is 7.09. The number of hydrogen-bond acceptors (Lipinski definition) is 5. The number of hydrogen-bond donors (Lipinski definition) is 2. The number of thiophene rings is 1. The van der Waals surface area contributed by atoms with Crippen LogP contribution in [0.2, 0.25) is 0 Å². The van der Waals surface area contributed by atoms with Gasteiger partial charge in [0, 0.05) is 4.88 Å². The fourth-order valence-corrected chi connectivity index (χ4v) is 3.80. The van der Waals surface area contributed by atoms with Crippen molar-refractivity contribution in [2.45, 2.75) is 0 Å². The van der Waals surface area contributed by atoms with Gasteiger partial charge in [-0.3, -0.25) is 4.79 Å². The van der Waals surface area contributed by atoms with Gasteiger partial charge in [0.1, 0.15) is 10.7 Å². The highest BCUT2D eigenvalue weighted by atomic mass is 32.1. The molecule has 0 aliphatic carbocycles. The van der Waals surface area contributed by atoms with Crippen LogP contribution in [0.5, 0.6) is 11.5 Å². The quantitative estimate of drug-likeness (QED) is 0.548. The van der Waals surface area contributed by atoms with Crippen LogP contribution in [0.15, 0.2) is 59.4 Å². The number of aromatic amines is 1. The number of nitrogens with zero attached hydrogens (tertiary/aromatic N) is 1. The maximum absolute atomic E-state index is 12.4. The molecule has 0 radical (unpaired) electrons. The van der Waals surface area contributed by atoms with Gasteiger partial charge in [0.15, 0.2) is 11.5 Å². The van der Waals surface area contributed by atoms with E-state index in [1.54, 1.807) is 24.3 Å². The number of aromatic hydroxyl groups is 1. The number of ether oxygens (including phenoxy) is 1. The van der Waals surface area contributed by atoms with Gasteiger partial charge in [-0.2, -0.15) is 0 Å². The first-order valence-electron chi connectivity index (χ1n) is 8.28. The Balaban J connectivity index is 1.69. The van der Waals surface area contributed by atoms with E-state index >= 15 is 0 Å². The monoisotopic (exact) mass is 376 g/mol. The van der Waals surface area contributed by atoms with Crippen LogP contribution in [0.4, 0.5) is 0 Å². The highest BCUT2D eigenvalue weighted by Gasteiger charge is 2.09. The second-order valence-corrected chi connectivity index (χ2v) is 6.94. The van der Waals surface area contributed by atoms with Crippen LogP contribution < -0.4 is 10.3 Å². The van der Waals surface area contributed by atoms with Gasteiger partial charge < -0.3 is 14.8 Å². The van der Waals surface area contributed by atoms with Gasteiger partial charge >= 0.3 is 0 Å². The molecule has 4 aromatic rings. The van der Waals surface area contributed by atoms with Gasteiger partial charge in [-0.1, -0.05) is 42.5 Å². The molecule has 5 nitrogen and oxygen atoms in total. The maximum atomic E-state index is 12.4. The maximum Gasteiger partial charge on any atom is 0.259 e. The SMILES string of the molecule is COc1ccc(/C=C/c2nc3sc(-c4ccccc4)cc3c(=O)[nH]2)cc1O. The molecule has 2 heterocycles. The molecule has 2 aromatic heterocycles. The number of nitrogens with one attached hydrogen (secondary N) is 1. The fourth-order valence-electron chi connectivity index (χ4n) is 2.76. The molecule has 0 unspecified atom stereocenters. The molecule has 0 spiro atoms. The summed E-state index contributed by atoms with van der Waals surface area (Å²) in [6.07, 6.45) is 3.49. The van der Waals surface area contributed by atoms with Crippen molar-refractivity contribution in [3.63, 3.8) is 0 Å². The molecular formula is C21H16N2O3S. The number of phenolic OH excluding ortho intramolecular Hbond substituents is 1. The van der Waals surface area contributed by atoms with E-state index in [1.807, 2.05) is 42.5 Å². The fraction of sp³-hybridized carbons (Fsp3) is 0.0476. The number of aromatic nitrogens is 2. The van der Waals surface area contributed by atoms with E-state index in [-0.39, 0.29) is 11.3 Å². The van der Waals surface area contributed by atoms with Crippen molar-refractivity contribution in [2.75, 3.05) is 7.11 Å². The lowest BCUT2D eigenvalue weighted by atomic mass is 10.2. The first-order valence-corrected chi connectivity index (χ1v) is 9.10. The lowest BCUT2D eigenvalue weighted by Gasteiger charge is -2.03. The van der Waals surface area contributed by atoms with E-state index in [4.69, 9.17) is 4.74 Å². The zero-order valence-electron chi connectivity index (χ0n) is 14.5. The molecular weight excluding hydrogens is 360 g/mol. The van der Waals surface area contributed by atoms with Gasteiger partial charge in [0.25, 0.3) is 5.56 Å². The van der Waals surface area contributed by atoms with Gasteiger partial charge in [-0.25, -0.2) is 4.98 Å². The smallest absolute Gasteiger partial charge is 0.259 e. The molecule has 0 aliphatic rings. The average molecular weight is 376 g/mol. The molecule has 0 fully saturated rings. The van der Waals surface area contributed by atoms with Gasteiger partial charge in [-0.15, -0.1) is 11.3 Å². The van der Waals surface area contributed by atoms with E-state index in [1.165, 1.54) is 18.4 Å². The number of benzene rings is 2. The molecule has 6 heteroatoms. The van der Waals surface area contributed by atoms with E-state index < -0.39 is 0 Å². The number of rotatable bonds is 4. The van der Waals surface area contributed by atoms with Crippen LogP contribution in [-0.2, 0) is 0 Å². The molecule has 0 saturated heterocycles. The normalized spacial score (nSPS) is 11.3. The van der Waals surface area contributed by atoms with E-state index in [0.717, 1.165) is 16.0 Å². The van der Waals surface area contributed by atoms with Crippen molar-refractivity contribution in [1.29, 1.82) is 0 Å². The van der Waals surface area contributed by atoms with Gasteiger partial charge in [0.05, 0.1) is 12.5 Å². The van der Waals surface area contributed by atoms with Crippen LogP contribution in [-0.4, -0.2) is 22.2 Å². The summed E-state index contributed by atoms with van der Waals surface area (Å²) in [4.78, 5) is 21.4. The van der Waals surface area contributed by atoms with Gasteiger partial charge in [-0.05, 0) is 35.4 Å². The van der Waals surface area contributed by atoms with Crippen LogP contribution in [0.1, 0.15) is 11.4 Å². The zero-order chi connectivity index (χ0) is 18.8. The lowest BCUT2D eigenvalue weighted by molar-refractivity contribution is 0.373. The first-order chi connectivity index (χ1) is 13.1. The zero-order valence-corrected chi connectivity index (χ0v) is 15.3. The average Bonchev–Trinajstić information content (AvgIpc) is 3.12. The van der Waals surface area contributed by atoms with Crippen molar-refractivity contribution in [1.82, 2.24) is 9.97 Å². The summed E-state index contributed by atoms with van der Waals surface area (Å²) in [5.41, 5.74) is 1.66. The molecule has 2 aromatic carbocycles. The Morgan fingerprint density at radius 2 is 1.93 bits per heavy atom. The third-order valence-corrected chi connectivity index (χ3v) is 5.19. The third-order valence-electron chi connectivity index (χ3n) is 4.12. The minimum atomic E-state index is -0.171. The van der Waals surface area contributed by atoms with Crippen LogP contribution >= 0.6 is 11.3 Å². The Kier molecular flexibility index (Phi) is 4.48. The van der Waals surface area contributed by atoms with Crippen LogP contribution in [0, 0.1) is 0 Å². The molecule has 4 rings (SSSR count). The number of methoxy groups -OCH3 is 1. The molecule has 0 atom stereocenters. The second-order valence-electron chi connectivity index (χ2n) is 5.91. The van der Waals surface area contributed by atoms with Crippen molar-refractivity contribution >= 4 is 33.7 Å². The Morgan fingerprint density at radius 1 is 1.11 bits per heavy atom. The topological polar surface area (TPSA) is 75.2 Å². The van der Waals surface area contributed by atoms with Crippen molar-refractivity contribution in [3.05, 3.63) is 76.3 Å². The summed E-state index contributed by atoms with van der Waals surface area (Å²) < 4.78 is 5.03. The summed E-state index contributed by atoms with van der Waals surface area (Å²) >= 11 is 1.49. The highest BCUT2D eigenvalue weighted by molar-refractivity contribution is 7.21. The summed E-state index contributed by atoms with van der Waals surface area (Å²) in [6.45, 7) is 0. The highest BCUT2D eigenvalue weighted by Crippen LogP contribution is 2.31. The van der Waals surface area contributed by atoms with Crippen molar-refractivity contribution in [3.8, 4) is 21.9 Å². The predicted octanol–water partition coefficient (Wildman–Crippen LogP) is 4.54. The number of phenols is 1. The van der Waals surface area contributed by atoms with E-state index in [2.05, 4.69) is 9.97 Å². The molecule has 134 valence electrons. The van der Waals surface area contributed by atoms with Crippen molar-refractivity contribution < 1.29 is 9.84 Å². The molecule has 0 saturated carbocycles. The van der Waals surface area contributed by atoms with Crippen LogP contribution in [0.3, 0.4) is 0 Å². The van der Waals surface area contributed by atoms with E-state index in [0.29, 0.717) is 21.8 Å². The summed E-state index contributed by atoms with van der Waals surface area (Å²) in [5, 5.41) is 10.4. The number of H-pyrrole nitrogens is 1. The summed E-state index contributed by atoms with van der Waals surface area (Å²) in [6, 6.07) is 16.9. The lowest BCUT2D eigenvalue weighted by Crippen LogP contribution is -2.07.